The highest BCUT2D eigenvalue weighted by Crippen LogP contribution is 2.43. The van der Waals surface area contributed by atoms with Crippen molar-refractivity contribution in [3.63, 3.8) is 0 Å². The van der Waals surface area contributed by atoms with Gasteiger partial charge in [-0.3, -0.25) is 29.0 Å². The summed E-state index contributed by atoms with van der Waals surface area (Å²) in [5.41, 5.74) is 12.8. The molecule has 10 nitrogen and oxygen atoms in total. The molecule has 2 aliphatic rings. The highest BCUT2D eigenvalue weighted by molar-refractivity contribution is 6.99. The van der Waals surface area contributed by atoms with Gasteiger partial charge in [-0.25, -0.2) is 19.9 Å². The molecule has 11 rings (SSSR count). The number of hydrogen-bond acceptors (Lipinski definition) is 8. The number of fused-ring (bicyclic) bond motifs is 9. The van der Waals surface area contributed by atoms with E-state index in [9.17, 15) is 0 Å². The zero-order valence-electron chi connectivity index (χ0n) is 25.2. The van der Waals surface area contributed by atoms with Crippen molar-refractivity contribution >= 4 is 73.8 Å². The molecule has 2 aliphatic heterocycles. The summed E-state index contributed by atoms with van der Waals surface area (Å²) in [5, 5.41) is 0.926. The number of hydrogen-bond donors (Lipinski definition) is 0. The zero-order chi connectivity index (χ0) is 31.3. The number of rotatable bonds is 3. The molecule has 48 heavy (non-hydrogen) atoms. The van der Waals surface area contributed by atoms with Crippen molar-refractivity contribution in [2.75, 3.05) is 4.90 Å². The highest BCUT2D eigenvalue weighted by Gasteiger charge is 2.46. The van der Waals surface area contributed by atoms with E-state index in [1.54, 1.807) is 31.1 Å². The van der Waals surface area contributed by atoms with E-state index in [1.165, 1.54) is 0 Å². The van der Waals surface area contributed by atoms with E-state index < -0.39 is 0 Å². The van der Waals surface area contributed by atoms with E-state index >= 15 is 0 Å². The Balaban J connectivity index is 1.38. The first-order chi connectivity index (χ1) is 23.9. The molecule has 3 aromatic carbocycles. The second-order valence-corrected chi connectivity index (χ2v) is 11.9. The summed E-state index contributed by atoms with van der Waals surface area (Å²) in [7, 11) is 0. The van der Waals surface area contributed by atoms with Crippen LogP contribution in [-0.2, 0) is 0 Å². The molecule has 6 aromatic heterocycles. The molecule has 0 radical (unpaired) electrons. The molecule has 0 atom stereocenters. The fourth-order valence-electron chi connectivity index (χ4n) is 7.63. The summed E-state index contributed by atoms with van der Waals surface area (Å²) in [6.45, 7) is -0.282. The number of anilines is 3. The number of nitrogens with zero attached hydrogens (tertiary/aromatic N) is 10. The molecule has 0 aliphatic carbocycles. The predicted octanol–water partition coefficient (Wildman–Crippen LogP) is 4.77. The number of para-hydroxylation sites is 2. The average molecular weight is 616 g/mol. The average Bonchev–Trinajstić information content (AvgIpc) is 3.68. The Kier molecular flexibility index (Phi) is 4.98. The molecule has 11 heteroatoms. The maximum absolute atomic E-state index is 5.02. The van der Waals surface area contributed by atoms with E-state index in [4.69, 9.17) is 34.9 Å². The van der Waals surface area contributed by atoms with Crippen LogP contribution in [0.15, 0.2) is 128 Å². The van der Waals surface area contributed by atoms with Crippen LogP contribution >= 0.6 is 0 Å². The van der Waals surface area contributed by atoms with Crippen molar-refractivity contribution < 1.29 is 0 Å². The van der Waals surface area contributed by atoms with Gasteiger partial charge in [-0.05, 0) is 54.0 Å². The molecule has 0 bridgehead atoms. The first-order valence-corrected chi connectivity index (χ1v) is 15.7. The Hall–Kier alpha value is -6.75. The molecule has 0 saturated carbocycles. The van der Waals surface area contributed by atoms with Crippen LogP contribution in [-0.4, -0.2) is 50.7 Å². The largest absolute Gasteiger partial charge is 0.300 e. The zero-order valence-corrected chi connectivity index (χ0v) is 25.2. The summed E-state index contributed by atoms with van der Waals surface area (Å²) in [5.74, 6) is 0.770. The van der Waals surface area contributed by atoms with Crippen molar-refractivity contribution in [1.29, 1.82) is 0 Å². The lowest BCUT2D eigenvalue weighted by Crippen LogP contribution is -2.62. The summed E-state index contributed by atoms with van der Waals surface area (Å²) < 4.78 is 4.50. The van der Waals surface area contributed by atoms with Crippen LogP contribution in [0.2, 0.25) is 0 Å². The minimum atomic E-state index is -0.282. The first kappa shape index (κ1) is 25.4. The van der Waals surface area contributed by atoms with Crippen molar-refractivity contribution in [3.05, 3.63) is 128 Å². The summed E-state index contributed by atoms with van der Waals surface area (Å²) >= 11 is 0. The maximum Gasteiger partial charge on any atom is 0.300 e. The summed E-state index contributed by atoms with van der Waals surface area (Å²) in [6, 6.07) is 31.1. The fourth-order valence-corrected chi connectivity index (χ4v) is 7.63. The molecule has 0 unspecified atom stereocenters. The van der Waals surface area contributed by atoms with E-state index in [2.05, 4.69) is 50.4 Å². The summed E-state index contributed by atoms with van der Waals surface area (Å²) in [6.07, 6.45) is 10.5. The van der Waals surface area contributed by atoms with Gasteiger partial charge in [0.25, 0.3) is 0 Å². The fraction of sp³-hybridized carbons (Fsp3) is 0. The van der Waals surface area contributed by atoms with Crippen LogP contribution in [0.25, 0.3) is 55.9 Å². The van der Waals surface area contributed by atoms with Crippen LogP contribution in [0.5, 0.6) is 0 Å². The Bertz CT molecular complexity index is 2740. The van der Waals surface area contributed by atoms with Crippen LogP contribution in [0.3, 0.4) is 0 Å². The van der Waals surface area contributed by atoms with E-state index in [1.807, 2.05) is 60.8 Å². The van der Waals surface area contributed by atoms with Crippen LogP contribution in [0, 0.1) is 0 Å². The van der Waals surface area contributed by atoms with Gasteiger partial charge in [0.15, 0.2) is 11.5 Å². The SMILES string of the molecule is c1ccc(N2c3cc(-c4ccccn4)cc4c3B(c3nccnc32)c2ncnc3c5c6nccnc6n(-c6ccccc6)c5n-4c23)cc1. The van der Waals surface area contributed by atoms with E-state index in [-0.39, 0.29) is 6.71 Å². The normalized spacial score (nSPS) is 12.9. The molecule has 0 N–H and O–H groups in total. The van der Waals surface area contributed by atoms with Gasteiger partial charge >= 0.3 is 6.71 Å². The Morgan fingerprint density at radius 2 is 1.29 bits per heavy atom. The Labute approximate surface area is 273 Å². The van der Waals surface area contributed by atoms with Crippen LogP contribution in [0.1, 0.15) is 0 Å². The lowest BCUT2D eigenvalue weighted by atomic mass is 9.37. The van der Waals surface area contributed by atoms with Gasteiger partial charge in [0.1, 0.15) is 23.0 Å². The van der Waals surface area contributed by atoms with Gasteiger partial charge in [0.05, 0.1) is 22.2 Å². The smallest absolute Gasteiger partial charge is 0.295 e. The lowest BCUT2D eigenvalue weighted by Gasteiger charge is -2.38. The maximum atomic E-state index is 5.02. The molecule has 0 fully saturated rings. The van der Waals surface area contributed by atoms with E-state index in [0.29, 0.717) is 0 Å². The van der Waals surface area contributed by atoms with Gasteiger partial charge < -0.3 is 0 Å². The molecule has 0 spiro atoms. The second kappa shape index (κ2) is 9.40. The van der Waals surface area contributed by atoms with Gasteiger partial charge in [-0.2, -0.15) is 0 Å². The molecule has 8 heterocycles. The Morgan fingerprint density at radius 3 is 2.12 bits per heavy atom. The van der Waals surface area contributed by atoms with Crippen molar-refractivity contribution in [2.24, 2.45) is 0 Å². The summed E-state index contributed by atoms with van der Waals surface area (Å²) in [4.78, 5) is 36.7. The number of benzene rings is 3. The second-order valence-electron chi connectivity index (χ2n) is 11.9. The quantitative estimate of drug-likeness (QED) is 0.262. The minimum Gasteiger partial charge on any atom is -0.295 e. The van der Waals surface area contributed by atoms with Gasteiger partial charge in [-0.15, -0.1) is 0 Å². The van der Waals surface area contributed by atoms with Gasteiger partial charge in [0, 0.05) is 64.9 Å². The molecule has 0 saturated heterocycles. The minimum absolute atomic E-state index is 0.282. The van der Waals surface area contributed by atoms with Crippen LogP contribution < -0.4 is 21.5 Å². The number of pyridine rings is 1. The molecular weight excluding hydrogens is 595 g/mol. The molecule has 9 aromatic rings. The molecule has 0 amide bonds. The van der Waals surface area contributed by atoms with E-state index in [0.717, 1.165) is 89.7 Å². The number of aromatic nitrogens is 9. The van der Waals surface area contributed by atoms with Gasteiger partial charge in [0.2, 0.25) is 0 Å². The first-order valence-electron chi connectivity index (χ1n) is 15.7. The lowest BCUT2D eigenvalue weighted by molar-refractivity contribution is 1.04. The molecule has 222 valence electrons. The van der Waals surface area contributed by atoms with Crippen molar-refractivity contribution in [3.8, 4) is 22.6 Å². The third-order valence-electron chi connectivity index (χ3n) is 9.45. The van der Waals surface area contributed by atoms with Crippen LogP contribution in [0.4, 0.5) is 17.2 Å². The predicted molar refractivity (Wildman–Crippen MR) is 187 cm³/mol. The topological polar surface area (TPSA) is 103 Å². The van der Waals surface area contributed by atoms with Gasteiger partial charge in [-0.1, -0.05) is 42.5 Å². The van der Waals surface area contributed by atoms with Crippen molar-refractivity contribution in [2.45, 2.75) is 0 Å². The third-order valence-corrected chi connectivity index (χ3v) is 9.45. The molecular formula is C37H21BN10. The Morgan fingerprint density at radius 1 is 0.542 bits per heavy atom. The monoisotopic (exact) mass is 616 g/mol. The van der Waals surface area contributed by atoms with Crippen molar-refractivity contribution in [1.82, 2.24) is 44.0 Å². The third kappa shape index (κ3) is 3.24. The standard InChI is InChI=1S/C37H21BN10/c1-3-9-23(10-4-1)46-26-19-22(25-13-7-8-14-39-25)20-27-29(26)38(34-36(46)43-18-16-41-34)33-32-30(44-21-45-33)28-31-35(42-17-15-40-31)47(37(28)48(27)32)24-11-5-2-6-12-24/h1-21H. The highest BCUT2D eigenvalue weighted by atomic mass is 15.2.